The molecule has 1 saturated carbocycles. The van der Waals surface area contributed by atoms with E-state index in [9.17, 15) is 4.79 Å². The van der Waals surface area contributed by atoms with E-state index in [-0.39, 0.29) is 5.91 Å². The summed E-state index contributed by atoms with van der Waals surface area (Å²) in [7, 11) is 2.12. The lowest BCUT2D eigenvalue weighted by Gasteiger charge is -2.31. The highest BCUT2D eigenvalue weighted by Crippen LogP contribution is 2.26. The summed E-state index contributed by atoms with van der Waals surface area (Å²) in [6.45, 7) is 4.83. The molecule has 4 rings (SSSR count). The van der Waals surface area contributed by atoms with Gasteiger partial charge in [-0.05, 0) is 38.1 Å². The van der Waals surface area contributed by atoms with Gasteiger partial charge in [-0.3, -0.25) is 9.69 Å². The molecule has 1 amide bonds. The molecule has 0 bridgehead atoms. The lowest BCUT2D eigenvalue weighted by molar-refractivity contribution is -0.117. The van der Waals surface area contributed by atoms with Crippen molar-refractivity contribution < 1.29 is 9.53 Å². The highest BCUT2D eigenvalue weighted by molar-refractivity contribution is 5.95. The molecule has 7 nitrogen and oxygen atoms in total. The molecule has 164 valence electrons. The summed E-state index contributed by atoms with van der Waals surface area (Å²) in [5, 5.41) is 6.37. The molecule has 1 aromatic rings. The maximum Gasteiger partial charge on any atom is 0.289 e. The Labute approximate surface area is 179 Å². The summed E-state index contributed by atoms with van der Waals surface area (Å²) in [5.41, 5.74) is 2.88. The van der Waals surface area contributed by atoms with Gasteiger partial charge in [0.25, 0.3) is 6.02 Å². The first-order valence-corrected chi connectivity index (χ1v) is 11.5. The van der Waals surface area contributed by atoms with E-state index in [2.05, 4.69) is 27.5 Å². The van der Waals surface area contributed by atoms with Crippen molar-refractivity contribution in [3.8, 4) is 0 Å². The molecule has 2 fully saturated rings. The number of rotatable bonds is 4. The standard InChI is InChI=1S/C23H35N5O2/c1-27-11-13-28(14-12-27)16-22(29)24-20-9-10-21-18(15-20)17-30-23(26-21)25-19-7-5-3-2-4-6-8-19/h9-10,15,19H,2-8,11-14,16-17H2,1H3,(H,24,29)(H,25,26). The minimum Gasteiger partial charge on any atom is -0.460 e. The number of ether oxygens (including phenoxy) is 1. The van der Waals surface area contributed by atoms with Gasteiger partial charge in [0, 0.05) is 43.1 Å². The zero-order valence-corrected chi connectivity index (χ0v) is 18.2. The fraction of sp³-hybridized carbons (Fsp3) is 0.652. The minimum absolute atomic E-state index is 0.0377. The largest absolute Gasteiger partial charge is 0.460 e. The van der Waals surface area contributed by atoms with Gasteiger partial charge >= 0.3 is 0 Å². The second-order valence-corrected chi connectivity index (χ2v) is 8.85. The van der Waals surface area contributed by atoms with Crippen molar-refractivity contribution in [2.24, 2.45) is 4.99 Å². The van der Waals surface area contributed by atoms with E-state index in [0.717, 1.165) is 56.0 Å². The summed E-state index contributed by atoms with van der Waals surface area (Å²) in [4.78, 5) is 21.8. The Balaban J connectivity index is 1.31. The lowest BCUT2D eigenvalue weighted by Crippen LogP contribution is -2.47. The Hall–Kier alpha value is -2.12. The number of amidine groups is 1. The number of benzene rings is 1. The van der Waals surface area contributed by atoms with Crippen molar-refractivity contribution in [2.45, 2.75) is 57.6 Å². The normalized spacial score (nSPS) is 23.0. The number of hydrogen-bond acceptors (Lipinski definition) is 5. The maximum atomic E-state index is 12.4. The van der Waals surface area contributed by atoms with Crippen molar-refractivity contribution in [1.29, 1.82) is 0 Å². The van der Waals surface area contributed by atoms with E-state index in [1.807, 2.05) is 18.2 Å². The van der Waals surface area contributed by atoms with Crippen molar-refractivity contribution in [3.63, 3.8) is 0 Å². The number of aliphatic imine (C=N–C) groups is 1. The molecule has 0 unspecified atom stereocenters. The summed E-state index contributed by atoms with van der Waals surface area (Å²) in [6, 6.07) is 6.96. The van der Waals surface area contributed by atoms with Crippen LogP contribution in [0.5, 0.6) is 0 Å². The number of nitrogens with zero attached hydrogens (tertiary/aromatic N) is 3. The molecule has 7 heteroatoms. The number of anilines is 2. The van der Waals surface area contributed by atoms with Gasteiger partial charge in [-0.2, -0.15) is 0 Å². The fourth-order valence-corrected chi connectivity index (χ4v) is 4.42. The summed E-state index contributed by atoms with van der Waals surface area (Å²) >= 11 is 0. The van der Waals surface area contributed by atoms with Crippen molar-refractivity contribution in [2.75, 3.05) is 50.4 Å². The summed E-state index contributed by atoms with van der Waals surface area (Å²) < 4.78 is 5.88. The molecular weight excluding hydrogens is 378 g/mol. The van der Waals surface area contributed by atoms with Crippen LogP contribution < -0.4 is 10.6 Å². The van der Waals surface area contributed by atoms with Crippen LogP contribution in [0.2, 0.25) is 0 Å². The second-order valence-electron chi connectivity index (χ2n) is 8.85. The highest BCUT2D eigenvalue weighted by Gasteiger charge is 2.19. The zero-order chi connectivity index (χ0) is 20.8. The van der Waals surface area contributed by atoms with Gasteiger partial charge in [0.15, 0.2) is 0 Å². The average Bonchev–Trinajstić information content (AvgIpc) is 2.71. The molecule has 0 spiro atoms. The molecule has 2 N–H and O–H groups in total. The highest BCUT2D eigenvalue weighted by atomic mass is 16.5. The average molecular weight is 414 g/mol. The van der Waals surface area contributed by atoms with Crippen LogP contribution in [0.3, 0.4) is 0 Å². The molecule has 0 atom stereocenters. The number of hydrogen-bond donors (Lipinski definition) is 2. The molecule has 2 heterocycles. The number of fused-ring (bicyclic) bond motifs is 1. The van der Waals surface area contributed by atoms with Crippen LogP contribution in [0.25, 0.3) is 0 Å². The number of nitrogens with one attached hydrogen (secondary N) is 2. The molecule has 0 aromatic heterocycles. The van der Waals surface area contributed by atoms with Crippen LogP contribution in [0.15, 0.2) is 23.2 Å². The van der Waals surface area contributed by atoms with E-state index >= 15 is 0 Å². The van der Waals surface area contributed by atoms with Gasteiger partial charge in [0.2, 0.25) is 5.91 Å². The summed E-state index contributed by atoms with van der Waals surface area (Å²) in [6.07, 6.45) is 8.83. The number of carbonyl (C=O) groups is 1. The van der Waals surface area contributed by atoms with Crippen molar-refractivity contribution in [3.05, 3.63) is 23.8 Å². The first kappa shape index (κ1) is 21.1. The van der Waals surface area contributed by atoms with Crippen LogP contribution in [0.1, 0.15) is 50.5 Å². The Morgan fingerprint density at radius 3 is 2.63 bits per heavy atom. The van der Waals surface area contributed by atoms with E-state index < -0.39 is 0 Å². The number of amides is 1. The van der Waals surface area contributed by atoms with Gasteiger partial charge < -0.3 is 20.3 Å². The third-order valence-electron chi connectivity index (χ3n) is 6.33. The SMILES string of the molecule is CN1CCN(CC(=O)Nc2ccc3c(c2)COC(=NC2CCCCCCC2)N3)CC1. The fourth-order valence-electron chi connectivity index (χ4n) is 4.42. The molecule has 30 heavy (non-hydrogen) atoms. The van der Waals surface area contributed by atoms with E-state index in [4.69, 9.17) is 9.73 Å². The third kappa shape index (κ3) is 5.95. The molecule has 0 radical (unpaired) electrons. The Kier molecular flexibility index (Phi) is 7.23. The van der Waals surface area contributed by atoms with E-state index in [1.54, 1.807) is 0 Å². The van der Waals surface area contributed by atoms with Gasteiger partial charge in [-0.1, -0.05) is 32.1 Å². The van der Waals surface area contributed by atoms with Crippen LogP contribution in [-0.4, -0.2) is 67.5 Å². The van der Waals surface area contributed by atoms with E-state index in [0.29, 0.717) is 25.2 Å². The predicted molar refractivity (Wildman–Crippen MR) is 121 cm³/mol. The number of carbonyl (C=O) groups excluding carboxylic acids is 1. The van der Waals surface area contributed by atoms with Crippen LogP contribution in [0.4, 0.5) is 11.4 Å². The zero-order valence-electron chi connectivity index (χ0n) is 18.2. The third-order valence-corrected chi connectivity index (χ3v) is 6.33. The number of piperazine rings is 1. The maximum absolute atomic E-state index is 12.4. The van der Waals surface area contributed by atoms with Crippen molar-refractivity contribution in [1.82, 2.24) is 9.80 Å². The number of likely N-dealkylation sites (N-methyl/N-ethyl adjacent to an activating group) is 1. The van der Waals surface area contributed by atoms with Gasteiger partial charge in [0.05, 0.1) is 12.6 Å². The van der Waals surface area contributed by atoms with Crippen LogP contribution in [0, 0.1) is 0 Å². The lowest BCUT2D eigenvalue weighted by atomic mass is 9.97. The van der Waals surface area contributed by atoms with Gasteiger partial charge in [0.1, 0.15) is 6.61 Å². The smallest absolute Gasteiger partial charge is 0.289 e. The first-order chi connectivity index (χ1) is 14.7. The van der Waals surface area contributed by atoms with E-state index in [1.165, 1.54) is 32.1 Å². The van der Waals surface area contributed by atoms with Crippen molar-refractivity contribution >= 4 is 23.3 Å². The first-order valence-electron chi connectivity index (χ1n) is 11.5. The minimum atomic E-state index is 0.0377. The molecular formula is C23H35N5O2. The van der Waals surface area contributed by atoms with Crippen LogP contribution in [-0.2, 0) is 16.1 Å². The summed E-state index contributed by atoms with van der Waals surface area (Å²) in [5.74, 6) is 0.0377. The Bertz CT molecular complexity index is 750. The topological polar surface area (TPSA) is 69.2 Å². The quantitative estimate of drug-likeness (QED) is 0.793. The Morgan fingerprint density at radius 1 is 1.13 bits per heavy atom. The molecule has 1 aliphatic carbocycles. The molecule has 2 aliphatic heterocycles. The van der Waals surface area contributed by atoms with Gasteiger partial charge in [-0.25, -0.2) is 4.99 Å². The molecule has 1 saturated heterocycles. The van der Waals surface area contributed by atoms with Gasteiger partial charge in [-0.15, -0.1) is 0 Å². The molecule has 1 aromatic carbocycles. The van der Waals surface area contributed by atoms with Crippen LogP contribution >= 0.6 is 0 Å². The monoisotopic (exact) mass is 413 g/mol. The second kappa shape index (κ2) is 10.3. The predicted octanol–water partition coefficient (Wildman–Crippen LogP) is 3.28. The Morgan fingerprint density at radius 2 is 1.87 bits per heavy atom. The molecule has 3 aliphatic rings.